The first-order valence-corrected chi connectivity index (χ1v) is 9.55. The molecule has 31 heavy (non-hydrogen) atoms. The predicted molar refractivity (Wildman–Crippen MR) is 108 cm³/mol. The van der Waals surface area contributed by atoms with Gasteiger partial charge in [0.1, 0.15) is 17.7 Å². The van der Waals surface area contributed by atoms with E-state index < -0.39 is 23.8 Å². The molecule has 10 heteroatoms. The molecule has 4 rings (SSSR count). The third kappa shape index (κ3) is 4.63. The molecular weight excluding hydrogens is 407 g/mol. The SMILES string of the molecule is CC(=O)NCC1CN(c2ccc(-c3ccc(Cc4nc(=O)o[nH]4)cc3)c(F)c2)C(=O)O1. The van der Waals surface area contributed by atoms with Crippen molar-refractivity contribution in [3.63, 3.8) is 0 Å². The van der Waals surface area contributed by atoms with Crippen LogP contribution >= 0.6 is 0 Å². The van der Waals surface area contributed by atoms with Crippen LogP contribution in [0.25, 0.3) is 11.1 Å². The van der Waals surface area contributed by atoms with E-state index in [-0.39, 0.29) is 19.0 Å². The Labute approximate surface area is 175 Å². The summed E-state index contributed by atoms with van der Waals surface area (Å²) in [5.74, 6) is -0.978. The van der Waals surface area contributed by atoms with Gasteiger partial charge in [0.2, 0.25) is 5.91 Å². The number of halogens is 1. The molecule has 1 atom stereocenters. The van der Waals surface area contributed by atoms with E-state index in [1.807, 2.05) is 0 Å². The summed E-state index contributed by atoms with van der Waals surface area (Å²) in [5.41, 5.74) is 2.29. The van der Waals surface area contributed by atoms with Gasteiger partial charge in [-0.15, -0.1) is 0 Å². The molecule has 1 aromatic heterocycles. The molecule has 3 aromatic rings. The highest BCUT2D eigenvalue weighted by molar-refractivity contribution is 5.90. The average molecular weight is 426 g/mol. The second-order valence-corrected chi connectivity index (χ2v) is 7.12. The number of nitrogens with zero attached hydrogens (tertiary/aromatic N) is 2. The Hall–Kier alpha value is -3.95. The molecule has 0 saturated carbocycles. The van der Waals surface area contributed by atoms with Gasteiger partial charge in [-0.05, 0) is 29.3 Å². The maximum Gasteiger partial charge on any atom is 0.459 e. The topological polar surface area (TPSA) is 118 Å². The molecule has 1 aliphatic heterocycles. The van der Waals surface area contributed by atoms with E-state index in [1.165, 1.54) is 17.9 Å². The maximum absolute atomic E-state index is 14.8. The van der Waals surface area contributed by atoms with Gasteiger partial charge in [-0.2, -0.15) is 4.98 Å². The molecule has 0 aliphatic carbocycles. The minimum absolute atomic E-state index is 0.201. The number of aromatic nitrogens is 2. The first-order chi connectivity index (χ1) is 14.9. The number of carbonyl (C=O) groups excluding carboxylic acids is 2. The lowest BCUT2D eigenvalue weighted by Crippen LogP contribution is -2.33. The minimum Gasteiger partial charge on any atom is -0.442 e. The number of hydrogen-bond acceptors (Lipinski definition) is 6. The van der Waals surface area contributed by atoms with Crippen molar-refractivity contribution in [2.75, 3.05) is 18.0 Å². The molecule has 2 N–H and O–H groups in total. The zero-order valence-corrected chi connectivity index (χ0v) is 16.6. The van der Waals surface area contributed by atoms with Crippen molar-refractivity contribution < 1.29 is 23.2 Å². The first kappa shape index (κ1) is 20.3. The molecule has 1 fully saturated rings. The van der Waals surface area contributed by atoms with Crippen molar-refractivity contribution >= 4 is 17.7 Å². The van der Waals surface area contributed by atoms with Crippen LogP contribution in [0.2, 0.25) is 0 Å². The van der Waals surface area contributed by atoms with Crippen LogP contribution < -0.4 is 16.0 Å². The fourth-order valence-electron chi connectivity index (χ4n) is 3.33. The monoisotopic (exact) mass is 426 g/mol. The summed E-state index contributed by atoms with van der Waals surface area (Å²) in [4.78, 5) is 39.1. The normalized spacial score (nSPS) is 15.7. The molecule has 0 spiro atoms. The van der Waals surface area contributed by atoms with E-state index in [0.29, 0.717) is 29.1 Å². The van der Waals surface area contributed by atoms with Crippen molar-refractivity contribution in [2.24, 2.45) is 0 Å². The predicted octanol–water partition coefficient (Wildman–Crippen LogP) is 2.22. The number of aromatic amines is 1. The summed E-state index contributed by atoms with van der Waals surface area (Å²) in [7, 11) is 0. The average Bonchev–Trinajstić information content (AvgIpc) is 3.32. The number of cyclic esters (lactones) is 1. The van der Waals surface area contributed by atoms with Gasteiger partial charge in [-0.25, -0.2) is 19.1 Å². The summed E-state index contributed by atoms with van der Waals surface area (Å²) in [5, 5.41) is 5.04. The van der Waals surface area contributed by atoms with Crippen molar-refractivity contribution in [3.05, 3.63) is 70.2 Å². The zero-order valence-electron chi connectivity index (χ0n) is 16.6. The Morgan fingerprint density at radius 2 is 2.03 bits per heavy atom. The summed E-state index contributed by atoms with van der Waals surface area (Å²) in [6.45, 7) is 1.80. The summed E-state index contributed by atoms with van der Waals surface area (Å²) in [6, 6.07) is 11.7. The van der Waals surface area contributed by atoms with Crippen molar-refractivity contribution in [1.29, 1.82) is 0 Å². The van der Waals surface area contributed by atoms with Gasteiger partial charge in [0.05, 0.1) is 18.8 Å². The summed E-state index contributed by atoms with van der Waals surface area (Å²) < 4.78 is 24.6. The van der Waals surface area contributed by atoms with Gasteiger partial charge in [-0.1, -0.05) is 24.3 Å². The lowest BCUT2D eigenvalue weighted by Gasteiger charge is -2.14. The van der Waals surface area contributed by atoms with E-state index in [1.54, 1.807) is 36.4 Å². The standard InChI is InChI=1S/C21H19FN4O5/c1-12(27)23-10-16-11-26(21(29)30-16)15-6-7-17(18(22)9-15)14-4-2-13(3-5-14)8-19-24-20(28)31-25-19/h2-7,9,16H,8,10-11H2,1H3,(H,23,27)(H,24,25,28). The van der Waals surface area contributed by atoms with E-state index in [9.17, 15) is 18.8 Å². The molecule has 1 aliphatic rings. The second-order valence-electron chi connectivity index (χ2n) is 7.12. The Kier molecular flexibility index (Phi) is 5.52. The van der Waals surface area contributed by atoms with Crippen LogP contribution in [0.15, 0.2) is 51.8 Å². The van der Waals surface area contributed by atoms with Crippen LogP contribution in [-0.4, -0.2) is 41.3 Å². The van der Waals surface area contributed by atoms with Crippen LogP contribution in [-0.2, 0) is 16.0 Å². The lowest BCUT2D eigenvalue weighted by atomic mass is 10.0. The molecule has 160 valence electrons. The highest BCUT2D eigenvalue weighted by Crippen LogP contribution is 2.29. The van der Waals surface area contributed by atoms with Gasteiger partial charge in [0, 0.05) is 18.9 Å². The van der Waals surface area contributed by atoms with E-state index >= 15 is 0 Å². The molecule has 1 unspecified atom stereocenters. The van der Waals surface area contributed by atoms with Crippen LogP contribution in [0.4, 0.5) is 14.9 Å². The Bertz CT molecular complexity index is 1170. The van der Waals surface area contributed by atoms with Crippen LogP contribution in [0.5, 0.6) is 0 Å². The number of amides is 2. The third-order valence-corrected chi connectivity index (χ3v) is 4.84. The first-order valence-electron chi connectivity index (χ1n) is 9.55. The maximum atomic E-state index is 14.8. The second kappa shape index (κ2) is 8.42. The van der Waals surface area contributed by atoms with Gasteiger partial charge in [0.25, 0.3) is 0 Å². The smallest absolute Gasteiger partial charge is 0.442 e. The molecule has 9 nitrogen and oxygen atoms in total. The van der Waals surface area contributed by atoms with Crippen molar-refractivity contribution in [3.8, 4) is 11.1 Å². The highest BCUT2D eigenvalue weighted by Gasteiger charge is 2.32. The van der Waals surface area contributed by atoms with E-state index in [2.05, 4.69) is 20.0 Å². The molecule has 0 bridgehead atoms. The number of benzene rings is 2. The summed E-state index contributed by atoms with van der Waals surface area (Å²) in [6.07, 6.45) is -0.700. The molecule has 2 aromatic carbocycles. The lowest BCUT2D eigenvalue weighted by molar-refractivity contribution is -0.119. The quantitative estimate of drug-likeness (QED) is 0.624. The number of carbonyl (C=O) groups is 2. The van der Waals surface area contributed by atoms with Gasteiger partial charge in [-0.3, -0.25) is 9.69 Å². The molecular formula is C21H19FN4O5. The van der Waals surface area contributed by atoms with Crippen molar-refractivity contribution in [2.45, 2.75) is 19.4 Å². The molecule has 1 saturated heterocycles. The van der Waals surface area contributed by atoms with Crippen LogP contribution in [0.3, 0.4) is 0 Å². The van der Waals surface area contributed by atoms with Crippen LogP contribution in [0.1, 0.15) is 18.3 Å². The number of hydrogen-bond donors (Lipinski definition) is 2. The van der Waals surface area contributed by atoms with E-state index in [0.717, 1.165) is 5.56 Å². The van der Waals surface area contributed by atoms with E-state index in [4.69, 9.17) is 4.74 Å². The highest BCUT2D eigenvalue weighted by atomic mass is 19.1. The zero-order chi connectivity index (χ0) is 22.0. The Balaban J connectivity index is 1.47. The van der Waals surface area contributed by atoms with Crippen molar-refractivity contribution in [1.82, 2.24) is 15.5 Å². The fraction of sp³-hybridized carbons (Fsp3) is 0.238. The largest absolute Gasteiger partial charge is 0.459 e. The molecule has 2 heterocycles. The number of nitrogens with one attached hydrogen (secondary N) is 2. The van der Waals surface area contributed by atoms with Gasteiger partial charge in [0.15, 0.2) is 0 Å². The molecule has 0 radical (unpaired) electrons. The Morgan fingerprint density at radius 3 is 2.68 bits per heavy atom. The fourth-order valence-corrected chi connectivity index (χ4v) is 3.33. The van der Waals surface area contributed by atoms with Crippen LogP contribution in [0, 0.1) is 5.82 Å². The number of anilines is 1. The number of ether oxygens (including phenoxy) is 1. The number of rotatable bonds is 6. The summed E-state index contributed by atoms with van der Waals surface area (Å²) >= 11 is 0. The number of H-pyrrole nitrogens is 1. The molecule has 2 amide bonds. The Morgan fingerprint density at radius 1 is 1.26 bits per heavy atom. The minimum atomic E-state index is -0.683. The van der Waals surface area contributed by atoms with Gasteiger partial charge < -0.3 is 14.6 Å². The van der Waals surface area contributed by atoms with Gasteiger partial charge >= 0.3 is 11.8 Å². The third-order valence-electron chi connectivity index (χ3n) is 4.84.